The molecule has 0 saturated carbocycles. The third-order valence-electron chi connectivity index (χ3n) is 2.78. The number of benzene rings is 1. The predicted molar refractivity (Wildman–Crippen MR) is 62.4 cm³/mol. The monoisotopic (exact) mass is 251 g/mol. The van der Waals surface area contributed by atoms with E-state index in [1.807, 2.05) is 12.1 Å². The van der Waals surface area contributed by atoms with E-state index in [9.17, 15) is 8.78 Å². The van der Waals surface area contributed by atoms with Crippen molar-refractivity contribution in [2.45, 2.75) is 12.8 Å². The normalized spacial score (nSPS) is 15.8. The summed E-state index contributed by atoms with van der Waals surface area (Å²) >= 11 is 0. The van der Waals surface area contributed by atoms with E-state index in [1.54, 1.807) is 17.2 Å². The molecule has 1 aromatic carbocycles. The van der Waals surface area contributed by atoms with Gasteiger partial charge in [-0.3, -0.25) is 4.84 Å². The van der Waals surface area contributed by atoms with Crippen LogP contribution in [0.4, 0.5) is 14.6 Å². The first kappa shape index (κ1) is 11.3. The number of fused-ring (bicyclic) bond motifs is 1. The van der Waals surface area contributed by atoms with Crippen LogP contribution < -0.4 is 5.06 Å². The molecule has 0 N–H and O–H groups in total. The Bertz CT molecular complexity index is 570. The van der Waals surface area contributed by atoms with Crippen LogP contribution in [0.1, 0.15) is 18.7 Å². The molecule has 0 spiro atoms. The average Bonchev–Trinajstić information content (AvgIpc) is 2.91. The van der Waals surface area contributed by atoms with Crippen LogP contribution in [0.5, 0.6) is 0 Å². The van der Waals surface area contributed by atoms with Gasteiger partial charge in [0.1, 0.15) is 0 Å². The molecule has 0 bridgehead atoms. The molecule has 0 unspecified atom stereocenters. The van der Waals surface area contributed by atoms with Gasteiger partial charge >= 0.3 is 0 Å². The summed E-state index contributed by atoms with van der Waals surface area (Å²) in [6, 6.07) is 7.09. The van der Waals surface area contributed by atoms with Crippen molar-refractivity contribution >= 4 is 16.7 Å². The number of hydroxylamine groups is 1. The number of hydrogen-bond donors (Lipinski definition) is 0. The molecule has 0 aliphatic carbocycles. The van der Waals surface area contributed by atoms with E-state index < -0.39 is 12.2 Å². The molecule has 1 aliphatic heterocycles. The van der Waals surface area contributed by atoms with Crippen LogP contribution >= 0.6 is 0 Å². The molecule has 1 aliphatic rings. The van der Waals surface area contributed by atoms with Crippen LogP contribution in [0.2, 0.25) is 0 Å². The zero-order chi connectivity index (χ0) is 12.5. The lowest BCUT2D eigenvalue weighted by Crippen LogP contribution is -2.19. The van der Waals surface area contributed by atoms with Crippen molar-refractivity contribution in [1.82, 2.24) is 9.97 Å². The number of anilines is 1. The van der Waals surface area contributed by atoms with Gasteiger partial charge in [0.2, 0.25) is 0 Å². The Morgan fingerprint density at radius 2 is 2.06 bits per heavy atom. The Hall–Kier alpha value is -1.82. The fourth-order valence-corrected chi connectivity index (χ4v) is 1.98. The molecule has 94 valence electrons. The summed E-state index contributed by atoms with van der Waals surface area (Å²) in [5.74, 6) is -0.0346. The van der Waals surface area contributed by atoms with Gasteiger partial charge in [-0.2, -0.15) is 0 Å². The van der Waals surface area contributed by atoms with Crippen LogP contribution in [0.15, 0.2) is 24.3 Å². The van der Waals surface area contributed by atoms with E-state index in [1.165, 1.54) is 0 Å². The fourth-order valence-electron chi connectivity index (χ4n) is 1.98. The highest BCUT2D eigenvalue weighted by Crippen LogP contribution is 2.28. The number of para-hydroxylation sites is 1. The van der Waals surface area contributed by atoms with Crippen LogP contribution in [0.25, 0.3) is 10.9 Å². The lowest BCUT2D eigenvalue weighted by Gasteiger charge is -2.17. The summed E-state index contributed by atoms with van der Waals surface area (Å²) in [5.41, 5.74) is 0.508. The van der Waals surface area contributed by atoms with Gasteiger partial charge in [-0.1, -0.05) is 12.1 Å². The number of nitrogens with zero attached hydrogens (tertiary/aromatic N) is 3. The van der Waals surface area contributed by atoms with Crippen LogP contribution in [0.3, 0.4) is 0 Å². The van der Waals surface area contributed by atoms with E-state index in [4.69, 9.17) is 4.84 Å². The minimum Gasteiger partial charge on any atom is -0.272 e. The van der Waals surface area contributed by atoms with Gasteiger partial charge in [-0.05, 0) is 18.6 Å². The lowest BCUT2D eigenvalue weighted by atomic mass is 10.2. The highest BCUT2D eigenvalue weighted by Gasteiger charge is 2.21. The average molecular weight is 251 g/mol. The lowest BCUT2D eigenvalue weighted by molar-refractivity contribution is 0.139. The van der Waals surface area contributed by atoms with Crippen molar-refractivity contribution in [2.24, 2.45) is 0 Å². The molecule has 1 saturated heterocycles. The molecule has 2 aromatic rings. The molecule has 0 atom stereocenters. The topological polar surface area (TPSA) is 38.2 Å². The second-order valence-electron chi connectivity index (χ2n) is 4.01. The quantitative estimate of drug-likeness (QED) is 0.822. The van der Waals surface area contributed by atoms with Crippen molar-refractivity contribution in [2.75, 3.05) is 18.2 Å². The molecular formula is C12H11F2N3O. The Kier molecular flexibility index (Phi) is 2.79. The van der Waals surface area contributed by atoms with Gasteiger partial charge in [-0.25, -0.2) is 23.8 Å². The molecule has 18 heavy (non-hydrogen) atoms. The Morgan fingerprint density at radius 3 is 2.78 bits per heavy atom. The maximum absolute atomic E-state index is 12.8. The van der Waals surface area contributed by atoms with Crippen LogP contribution in [0, 0.1) is 0 Å². The number of aromatic nitrogens is 2. The summed E-state index contributed by atoms with van der Waals surface area (Å²) in [5, 5.41) is 2.29. The Morgan fingerprint density at radius 1 is 1.22 bits per heavy atom. The maximum atomic E-state index is 12.8. The standard InChI is InChI=1S/C12H11F2N3O/c13-10(14)11-15-9-5-2-1-4-8(9)12(16-11)17-6-3-7-18-17/h1-2,4-5,10H,3,6-7H2. The maximum Gasteiger partial charge on any atom is 0.297 e. The second kappa shape index (κ2) is 4.45. The van der Waals surface area contributed by atoms with Crippen LogP contribution in [-0.4, -0.2) is 23.1 Å². The zero-order valence-corrected chi connectivity index (χ0v) is 9.51. The third-order valence-corrected chi connectivity index (χ3v) is 2.78. The molecule has 4 nitrogen and oxygen atoms in total. The molecule has 0 radical (unpaired) electrons. The Balaban J connectivity index is 2.19. The molecule has 6 heteroatoms. The van der Waals surface area contributed by atoms with E-state index >= 15 is 0 Å². The number of alkyl halides is 2. The molecule has 0 amide bonds. The van der Waals surface area contributed by atoms with Crippen molar-refractivity contribution in [1.29, 1.82) is 0 Å². The minimum absolute atomic E-state index is 0.424. The van der Waals surface area contributed by atoms with E-state index in [0.29, 0.717) is 24.5 Å². The van der Waals surface area contributed by atoms with E-state index in [2.05, 4.69) is 9.97 Å². The summed E-state index contributed by atoms with van der Waals surface area (Å²) in [6.07, 6.45) is -1.82. The molecular weight excluding hydrogens is 240 g/mol. The fraction of sp³-hybridized carbons (Fsp3) is 0.333. The summed E-state index contributed by atoms with van der Waals surface area (Å²) < 4.78 is 25.6. The molecule has 1 aromatic heterocycles. The van der Waals surface area contributed by atoms with Crippen LogP contribution in [-0.2, 0) is 4.84 Å². The van der Waals surface area contributed by atoms with Crippen molar-refractivity contribution in [3.05, 3.63) is 30.1 Å². The van der Waals surface area contributed by atoms with Gasteiger partial charge in [-0.15, -0.1) is 0 Å². The Labute approximate surface area is 102 Å². The summed E-state index contributed by atoms with van der Waals surface area (Å²) in [4.78, 5) is 13.2. The van der Waals surface area contributed by atoms with Crippen molar-refractivity contribution < 1.29 is 13.6 Å². The third kappa shape index (κ3) is 1.88. The minimum atomic E-state index is -2.68. The molecule has 1 fully saturated rings. The molecule has 2 heterocycles. The predicted octanol–water partition coefficient (Wildman–Crippen LogP) is 2.71. The number of hydrogen-bond acceptors (Lipinski definition) is 4. The smallest absolute Gasteiger partial charge is 0.272 e. The van der Waals surface area contributed by atoms with Crippen molar-refractivity contribution in [3.8, 4) is 0 Å². The molecule has 3 rings (SSSR count). The highest BCUT2D eigenvalue weighted by molar-refractivity contribution is 5.89. The number of halogens is 2. The first-order chi connectivity index (χ1) is 8.75. The number of rotatable bonds is 2. The van der Waals surface area contributed by atoms with E-state index in [0.717, 1.165) is 11.8 Å². The largest absolute Gasteiger partial charge is 0.297 e. The van der Waals surface area contributed by atoms with Gasteiger partial charge in [0.05, 0.1) is 12.1 Å². The van der Waals surface area contributed by atoms with Gasteiger partial charge in [0, 0.05) is 11.9 Å². The van der Waals surface area contributed by atoms with Gasteiger partial charge in [0.15, 0.2) is 11.6 Å². The zero-order valence-electron chi connectivity index (χ0n) is 9.51. The van der Waals surface area contributed by atoms with E-state index in [-0.39, 0.29) is 0 Å². The van der Waals surface area contributed by atoms with Gasteiger partial charge in [0.25, 0.3) is 6.43 Å². The van der Waals surface area contributed by atoms with Gasteiger partial charge < -0.3 is 0 Å². The highest BCUT2D eigenvalue weighted by atomic mass is 19.3. The summed E-state index contributed by atoms with van der Waals surface area (Å²) in [7, 11) is 0. The first-order valence-electron chi connectivity index (χ1n) is 5.71. The second-order valence-corrected chi connectivity index (χ2v) is 4.01. The van der Waals surface area contributed by atoms with Crippen molar-refractivity contribution in [3.63, 3.8) is 0 Å². The first-order valence-corrected chi connectivity index (χ1v) is 5.71. The SMILES string of the molecule is FC(F)c1nc(N2CCCO2)c2ccccc2n1. The summed E-state index contributed by atoms with van der Waals surface area (Å²) in [6.45, 7) is 1.24.